The number of hydrogen-bond acceptors (Lipinski definition) is 7. The number of rotatable bonds is 5. The number of ether oxygens (including phenoxy) is 3. The number of esters is 1. The number of carbonyl (C=O) groups excluding carboxylic acids is 1. The minimum atomic E-state index is -0.377. The van der Waals surface area contributed by atoms with Crippen molar-refractivity contribution in [2.24, 2.45) is 4.99 Å². The van der Waals surface area contributed by atoms with E-state index >= 15 is 0 Å². The fraction of sp³-hybridized carbons (Fsp3) is 0.273. The van der Waals surface area contributed by atoms with E-state index in [4.69, 9.17) is 14.2 Å². The van der Waals surface area contributed by atoms with E-state index in [1.807, 2.05) is 53.8 Å². The van der Waals surface area contributed by atoms with Crippen LogP contribution in [0.25, 0.3) is 10.8 Å². The van der Waals surface area contributed by atoms with Gasteiger partial charge >= 0.3 is 5.97 Å². The molecule has 2 aliphatic rings. The average Bonchev–Trinajstić information content (AvgIpc) is 3.19. The maximum Gasteiger partial charge on any atom is 0.338 e. The molecule has 0 aromatic heterocycles. The van der Waals surface area contributed by atoms with Gasteiger partial charge in [0.25, 0.3) is 0 Å². The van der Waals surface area contributed by atoms with Crippen LogP contribution in [-0.2, 0) is 9.53 Å². The molecule has 7 heteroatoms. The van der Waals surface area contributed by atoms with Gasteiger partial charge in [0.15, 0.2) is 5.17 Å². The quantitative estimate of drug-likeness (QED) is 0.670. The molecule has 1 atom stereocenters. The Morgan fingerprint density at radius 3 is 2.69 bits per heavy atom. The van der Waals surface area contributed by atoms with Crippen LogP contribution in [0.5, 0.6) is 11.5 Å². The Kier molecular flexibility index (Phi) is 5.24. The number of aliphatic imine (C=N–C) groups is 1. The highest BCUT2D eigenvalue weighted by Gasteiger charge is 2.38. The van der Waals surface area contributed by atoms with Gasteiger partial charge in [-0.25, -0.2) is 9.79 Å². The number of nitrogens with zero attached hydrogens (tertiary/aromatic N) is 2. The van der Waals surface area contributed by atoms with Crippen molar-refractivity contribution in [1.82, 2.24) is 4.90 Å². The lowest BCUT2D eigenvalue weighted by molar-refractivity contribution is -0.139. The molecule has 2 aliphatic heterocycles. The molecular weight excluding hydrogens is 388 g/mol. The van der Waals surface area contributed by atoms with Crippen molar-refractivity contribution in [3.05, 3.63) is 58.8 Å². The molecule has 0 amide bonds. The number of carbonyl (C=O) groups is 1. The van der Waals surface area contributed by atoms with Crippen molar-refractivity contribution in [1.29, 1.82) is 0 Å². The molecule has 0 saturated carbocycles. The van der Waals surface area contributed by atoms with E-state index < -0.39 is 0 Å². The molecule has 0 unspecified atom stereocenters. The highest BCUT2D eigenvalue weighted by Crippen LogP contribution is 2.46. The summed E-state index contributed by atoms with van der Waals surface area (Å²) < 4.78 is 16.6. The Hall–Kier alpha value is -2.93. The molecule has 0 fully saturated rings. The van der Waals surface area contributed by atoms with E-state index in [1.165, 1.54) is 11.8 Å². The van der Waals surface area contributed by atoms with Gasteiger partial charge in [-0.15, -0.1) is 0 Å². The Bertz CT molecular complexity index is 1070. The maximum atomic E-state index is 12.9. The van der Waals surface area contributed by atoms with Crippen molar-refractivity contribution >= 4 is 33.7 Å². The second kappa shape index (κ2) is 7.83. The van der Waals surface area contributed by atoms with Crippen molar-refractivity contribution in [3.63, 3.8) is 0 Å². The molecule has 0 bridgehead atoms. The summed E-state index contributed by atoms with van der Waals surface area (Å²) in [5.74, 6) is 1.11. The van der Waals surface area contributed by atoms with Crippen LogP contribution < -0.4 is 9.47 Å². The molecule has 0 N–H and O–H groups in total. The molecule has 0 aliphatic carbocycles. The Morgan fingerprint density at radius 2 is 1.97 bits per heavy atom. The fourth-order valence-electron chi connectivity index (χ4n) is 3.82. The topological polar surface area (TPSA) is 60.4 Å². The Morgan fingerprint density at radius 1 is 1.17 bits per heavy atom. The summed E-state index contributed by atoms with van der Waals surface area (Å²) in [6.07, 6.45) is 1.95. The van der Waals surface area contributed by atoms with Gasteiger partial charge in [-0.05, 0) is 37.0 Å². The predicted molar refractivity (Wildman–Crippen MR) is 115 cm³/mol. The Balaban J connectivity index is 2.01. The fourth-order valence-corrected chi connectivity index (χ4v) is 4.62. The van der Waals surface area contributed by atoms with Gasteiger partial charge in [-0.3, -0.25) is 0 Å². The molecule has 2 heterocycles. The number of amidine groups is 1. The zero-order valence-electron chi connectivity index (χ0n) is 16.8. The molecule has 150 valence electrons. The van der Waals surface area contributed by atoms with Gasteiger partial charge in [-0.1, -0.05) is 30.0 Å². The smallest absolute Gasteiger partial charge is 0.338 e. The van der Waals surface area contributed by atoms with Crippen LogP contribution in [0.2, 0.25) is 0 Å². The van der Waals surface area contributed by atoms with Gasteiger partial charge in [0.1, 0.15) is 11.5 Å². The highest BCUT2D eigenvalue weighted by molar-refractivity contribution is 8.16. The molecular formula is C22H22N2O4S. The van der Waals surface area contributed by atoms with E-state index in [9.17, 15) is 4.79 Å². The van der Waals surface area contributed by atoms with Gasteiger partial charge < -0.3 is 19.1 Å². The van der Waals surface area contributed by atoms with Crippen molar-refractivity contribution in [2.45, 2.75) is 19.9 Å². The van der Waals surface area contributed by atoms with Crippen molar-refractivity contribution < 1.29 is 19.0 Å². The summed E-state index contributed by atoms with van der Waals surface area (Å²) in [5, 5.41) is 4.63. The van der Waals surface area contributed by atoms with Crippen LogP contribution >= 0.6 is 11.8 Å². The minimum Gasteiger partial charge on any atom is -0.496 e. The first-order chi connectivity index (χ1) is 14.1. The first-order valence-corrected chi connectivity index (χ1v) is 10.2. The zero-order chi connectivity index (χ0) is 20.5. The number of methoxy groups -OCH3 is 2. The minimum absolute atomic E-state index is 0.302. The molecule has 4 rings (SSSR count). The number of allylic oxidation sites excluding steroid dienone is 1. The summed E-state index contributed by atoms with van der Waals surface area (Å²) in [6.45, 7) is 3.96. The van der Waals surface area contributed by atoms with Crippen molar-refractivity contribution in [2.75, 3.05) is 20.8 Å². The third-order valence-corrected chi connectivity index (χ3v) is 5.82. The van der Waals surface area contributed by atoms with Crippen LogP contribution in [0.4, 0.5) is 0 Å². The lowest BCUT2D eigenvalue weighted by Gasteiger charge is -2.34. The number of thioether (sulfide) groups is 1. The lowest BCUT2D eigenvalue weighted by atomic mass is 9.90. The average molecular weight is 410 g/mol. The summed E-state index contributed by atoms with van der Waals surface area (Å²) in [7, 11) is 3.29. The molecule has 29 heavy (non-hydrogen) atoms. The van der Waals surface area contributed by atoms with Gasteiger partial charge in [0.2, 0.25) is 0 Å². The van der Waals surface area contributed by atoms with E-state index in [-0.39, 0.29) is 12.0 Å². The predicted octanol–water partition coefficient (Wildman–Crippen LogP) is 4.62. The van der Waals surface area contributed by atoms with Gasteiger partial charge in [0, 0.05) is 17.0 Å². The lowest BCUT2D eigenvalue weighted by Crippen LogP contribution is -2.34. The monoisotopic (exact) mass is 410 g/mol. The second-order valence-electron chi connectivity index (χ2n) is 6.57. The second-order valence-corrected chi connectivity index (χ2v) is 7.44. The molecule has 2 aromatic carbocycles. The van der Waals surface area contributed by atoms with E-state index in [0.717, 1.165) is 33.0 Å². The third kappa shape index (κ3) is 3.15. The number of hydrogen-bond donors (Lipinski definition) is 0. The summed E-state index contributed by atoms with van der Waals surface area (Å²) in [5.41, 5.74) is 2.12. The first kappa shape index (κ1) is 19.4. The maximum absolute atomic E-state index is 12.9. The standard InChI is InChI=1S/C22H22N2O4S/c1-5-28-21(25)18-13(2)23-22-24(11-12-29-22)20(18)15-9-10-16(26-3)14-7-6-8-17(27-4)19(14)15/h6-12,20H,5H2,1-4H3/t20-/m0/s1. The van der Waals surface area contributed by atoms with Crippen LogP contribution in [-0.4, -0.2) is 36.9 Å². The van der Waals surface area contributed by atoms with Crippen LogP contribution in [0.3, 0.4) is 0 Å². The largest absolute Gasteiger partial charge is 0.496 e. The molecule has 6 nitrogen and oxygen atoms in total. The zero-order valence-corrected chi connectivity index (χ0v) is 17.6. The van der Waals surface area contributed by atoms with Crippen LogP contribution in [0.15, 0.2) is 58.2 Å². The SMILES string of the molecule is CCOC(=O)C1=C(C)N=C2SC=CN2[C@H]1c1ccc(OC)c2cccc(OC)c12. The summed E-state index contributed by atoms with van der Waals surface area (Å²) in [6, 6.07) is 9.37. The van der Waals surface area contributed by atoms with E-state index in [2.05, 4.69) is 4.99 Å². The summed E-state index contributed by atoms with van der Waals surface area (Å²) in [4.78, 5) is 19.6. The van der Waals surface area contributed by atoms with Crippen LogP contribution in [0.1, 0.15) is 25.5 Å². The first-order valence-electron chi connectivity index (χ1n) is 9.32. The number of benzene rings is 2. The number of fused-ring (bicyclic) bond motifs is 2. The van der Waals surface area contributed by atoms with E-state index in [0.29, 0.717) is 17.9 Å². The van der Waals surface area contributed by atoms with Gasteiger partial charge in [-0.2, -0.15) is 0 Å². The normalized spacial score (nSPS) is 18.0. The third-order valence-electron chi connectivity index (χ3n) is 5.04. The molecule has 0 spiro atoms. The Labute approximate surface area is 173 Å². The van der Waals surface area contributed by atoms with Gasteiger partial charge in [0.05, 0.1) is 38.1 Å². The highest BCUT2D eigenvalue weighted by atomic mass is 32.2. The van der Waals surface area contributed by atoms with Crippen molar-refractivity contribution in [3.8, 4) is 11.5 Å². The van der Waals surface area contributed by atoms with E-state index in [1.54, 1.807) is 21.1 Å². The molecule has 0 saturated heterocycles. The molecule has 2 aromatic rings. The molecule has 0 radical (unpaired) electrons. The summed E-state index contributed by atoms with van der Waals surface area (Å²) >= 11 is 1.53. The van der Waals surface area contributed by atoms with Crippen LogP contribution in [0, 0.1) is 0 Å².